The Hall–Kier alpha value is -1.48. The molecule has 1 aromatic carbocycles. The quantitative estimate of drug-likeness (QED) is 0.808. The third-order valence-electron chi connectivity index (χ3n) is 4.13. The normalized spacial score (nSPS) is 21.8. The van der Waals surface area contributed by atoms with E-state index in [1.54, 1.807) is 18.2 Å². The van der Waals surface area contributed by atoms with Crippen molar-refractivity contribution in [3.63, 3.8) is 0 Å². The summed E-state index contributed by atoms with van der Waals surface area (Å²) < 4.78 is 34.3. The average Bonchev–Trinajstić information content (AvgIpc) is 2.94. The summed E-state index contributed by atoms with van der Waals surface area (Å²) >= 11 is 1.14. The molecule has 1 aliphatic rings. The standard InChI is InChI=1S/C16H20N2O4S2/c1-10-9-11(7-8-17-10)18-24(20,21)15-12-5-3-4-6-13(12)23-14(15)16(19)22-2/h3-6,10-11,17-18H,7-9H2,1-2H3. The largest absolute Gasteiger partial charge is 0.465 e. The first-order chi connectivity index (χ1) is 11.4. The molecule has 0 radical (unpaired) electrons. The predicted octanol–water partition coefficient (Wildman–Crippen LogP) is 2.11. The van der Waals surface area contributed by atoms with E-state index in [1.165, 1.54) is 7.11 Å². The molecule has 0 bridgehead atoms. The van der Waals surface area contributed by atoms with Crippen molar-refractivity contribution in [1.29, 1.82) is 0 Å². The van der Waals surface area contributed by atoms with Crippen LogP contribution >= 0.6 is 11.3 Å². The number of fused-ring (bicyclic) bond motifs is 1. The molecule has 1 aliphatic heterocycles. The fourth-order valence-corrected chi connectivity index (χ4v) is 6.13. The van der Waals surface area contributed by atoms with Gasteiger partial charge >= 0.3 is 5.97 Å². The zero-order valence-electron chi connectivity index (χ0n) is 13.5. The first-order valence-corrected chi connectivity index (χ1v) is 10.1. The number of hydrogen-bond acceptors (Lipinski definition) is 6. The topological polar surface area (TPSA) is 84.5 Å². The molecule has 6 nitrogen and oxygen atoms in total. The van der Waals surface area contributed by atoms with Crippen molar-refractivity contribution in [1.82, 2.24) is 10.0 Å². The zero-order valence-corrected chi connectivity index (χ0v) is 15.2. The highest BCUT2D eigenvalue weighted by atomic mass is 32.2. The van der Waals surface area contributed by atoms with Crippen molar-refractivity contribution in [2.75, 3.05) is 13.7 Å². The third-order valence-corrected chi connectivity index (χ3v) is 7.02. The second kappa shape index (κ2) is 6.79. The van der Waals surface area contributed by atoms with E-state index in [4.69, 9.17) is 4.74 Å². The molecular weight excluding hydrogens is 348 g/mol. The molecule has 3 rings (SSSR count). The van der Waals surface area contributed by atoms with Gasteiger partial charge in [-0.3, -0.25) is 0 Å². The van der Waals surface area contributed by atoms with Gasteiger partial charge in [-0.25, -0.2) is 17.9 Å². The maximum absolute atomic E-state index is 13.0. The van der Waals surface area contributed by atoms with E-state index in [2.05, 4.69) is 10.0 Å². The van der Waals surface area contributed by atoms with Crippen LogP contribution in [0.15, 0.2) is 29.2 Å². The Balaban J connectivity index is 2.04. The van der Waals surface area contributed by atoms with Crippen molar-refractivity contribution >= 4 is 37.4 Å². The van der Waals surface area contributed by atoms with E-state index in [0.29, 0.717) is 5.39 Å². The smallest absolute Gasteiger partial charge is 0.349 e. The minimum Gasteiger partial charge on any atom is -0.465 e. The highest BCUT2D eigenvalue weighted by Gasteiger charge is 2.31. The number of methoxy groups -OCH3 is 1. The first kappa shape index (κ1) is 17.3. The fourth-order valence-electron chi connectivity index (χ4n) is 3.03. The first-order valence-electron chi connectivity index (χ1n) is 7.78. The van der Waals surface area contributed by atoms with Crippen molar-refractivity contribution in [3.8, 4) is 0 Å². The number of sulfonamides is 1. The molecule has 2 atom stereocenters. The van der Waals surface area contributed by atoms with Gasteiger partial charge < -0.3 is 10.1 Å². The number of rotatable bonds is 4. The monoisotopic (exact) mass is 368 g/mol. The van der Waals surface area contributed by atoms with Gasteiger partial charge in [-0.1, -0.05) is 18.2 Å². The second-order valence-corrected chi connectivity index (χ2v) is 8.65. The van der Waals surface area contributed by atoms with Crippen LogP contribution in [0.2, 0.25) is 0 Å². The Morgan fingerprint density at radius 3 is 2.83 bits per heavy atom. The van der Waals surface area contributed by atoms with E-state index >= 15 is 0 Å². The van der Waals surface area contributed by atoms with Gasteiger partial charge in [-0.2, -0.15) is 0 Å². The zero-order chi connectivity index (χ0) is 17.3. The van der Waals surface area contributed by atoms with Crippen molar-refractivity contribution in [3.05, 3.63) is 29.1 Å². The molecule has 0 saturated carbocycles. The van der Waals surface area contributed by atoms with Crippen molar-refractivity contribution in [2.45, 2.75) is 36.7 Å². The number of benzene rings is 1. The number of esters is 1. The molecule has 0 aliphatic carbocycles. The molecule has 0 amide bonds. The van der Waals surface area contributed by atoms with Gasteiger partial charge in [0.25, 0.3) is 0 Å². The van der Waals surface area contributed by atoms with Gasteiger partial charge in [-0.15, -0.1) is 11.3 Å². The van der Waals surface area contributed by atoms with Crippen LogP contribution in [0.1, 0.15) is 29.4 Å². The minimum atomic E-state index is -3.82. The summed E-state index contributed by atoms with van der Waals surface area (Å²) in [5.74, 6) is -0.629. The number of carbonyl (C=O) groups is 1. The van der Waals surface area contributed by atoms with Crippen LogP contribution in [0.3, 0.4) is 0 Å². The second-order valence-electron chi connectivity index (χ2n) is 5.95. The predicted molar refractivity (Wildman–Crippen MR) is 94.0 cm³/mol. The van der Waals surface area contributed by atoms with Crippen LogP contribution in [0.25, 0.3) is 10.1 Å². The molecule has 24 heavy (non-hydrogen) atoms. The molecule has 1 fully saturated rings. The number of hydrogen-bond donors (Lipinski definition) is 2. The molecule has 1 aromatic heterocycles. The Bertz CT molecular complexity index is 860. The highest BCUT2D eigenvalue weighted by molar-refractivity contribution is 7.90. The summed E-state index contributed by atoms with van der Waals surface area (Å²) in [5.41, 5.74) is 0. The van der Waals surface area contributed by atoms with Crippen molar-refractivity contribution < 1.29 is 17.9 Å². The number of piperidine rings is 1. The summed E-state index contributed by atoms with van der Waals surface area (Å²) in [6.07, 6.45) is 1.44. The molecule has 2 N–H and O–H groups in total. The number of thiophene rings is 1. The van der Waals surface area contributed by atoms with E-state index in [-0.39, 0.29) is 21.9 Å². The Morgan fingerprint density at radius 2 is 2.12 bits per heavy atom. The summed E-state index contributed by atoms with van der Waals surface area (Å²) in [6, 6.07) is 7.22. The van der Waals surface area contributed by atoms with Gasteiger partial charge in [0, 0.05) is 22.2 Å². The molecular formula is C16H20N2O4S2. The van der Waals surface area contributed by atoms with Gasteiger partial charge in [0.15, 0.2) is 0 Å². The molecule has 2 heterocycles. The van der Waals surface area contributed by atoms with Crippen LogP contribution in [-0.4, -0.2) is 40.1 Å². The lowest BCUT2D eigenvalue weighted by atomic mass is 10.0. The number of ether oxygens (including phenoxy) is 1. The van der Waals surface area contributed by atoms with E-state index in [1.807, 2.05) is 13.0 Å². The molecule has 8 heteroatoms. The van der Waals surface area contributed by atoms with Gasteiger partial charge in [0.2, 0.25) is 10.0 Å². The summed E-state index contributed by atoms with van der Waals surface area (Å²) in [6.45, 7) is 2.79. The van der Waals surface area contributed by atoms with Crippen LogP contribution in [0.5, 0.6) is 0 Å². The maximum Gasteiger partial charge on any atom is 0.349 e. The summed E-state index contributed by atoms with van der Waals surface area (Å²) in [5, 5.41) is 3.85. The lowest BCUT2D eigenvalue weighted by Gasteiger charge is -2.28. The fraction of sp³-hybridized carbons (Fsp3) is 0.438. The third kappa shape index (κ3) is 3.32. The van der Waals surface area contributed by atoms with Gasteiger partial charge in [0.1, 0.15) is 9.77 Å². The van der Waals surface area contributed by atoms with Crippen LogP contribution in [0, 0.1) is 0 Å². The maximum atomic E-state index is 13.0. The number of carbonyl (C=O) groups excluding carboxylic acids is 1. The van der Waals surface area contributed by atoms with E-state index < -0.39 is 16.0 Å². The highest BCUT2D eigenvalue weighted by Crippen LogP contribution is 2.35. The minimum absolute atomic E-state index is 0.0288. The Labute approximate surface area is 145 Å². The van der Waals surface area contributed by atoms with Gasteiger partial charge in [0.05, 0.1) is 7.11 Å². The van der Waals surface area contributed by atoms with Crippen LogP contribution in [-0.2, 0) is 14.8 Å². The lowest BCUT2D eigenvalue weighted by molar-refractivity contribution is 0.0602. The Kier molecular flexibility index (Phi) is 4.91. The van der Waals surface area contributed by atoms with Crippen LogP contribution < -0.4 is 10.0 Å². The molecule has 2 aromatic rings. The lowest BCUT2D eigenvalue weighted by Crippen LogP contribution is -2.46. The van der Waals surface area contributed by atoms with Crippen LogP contribution in [0.4, 0.5) is 0 Å². The number of nitrogens with one attached hydrogen (secondary N) is 2. The SMILES string of the molecule is COC(=O)c1sc2ccccc2c1S(=O)(=O)NC1CCNC(C)C1. The van der Waals surface area contributed by atoms with Crippen molar-refractivity contribution in [2.24, 2.45) is 0 Å². The molecule has 0 spiro atoms. The van der Waals surface area contributed by atoms with E-state index in [9.17, 15) is 13.2 Å². The Morgan fingerprint density at radius 1 is 1.38 bits per heavy atom. The average molecular weight is 368 g/mol. The summed E-state index contributed by atoms with van der Waals surface area (Å²) in [4.78, 5) is 12.2. The van der Waals surface area contributed by atoms with Gasteiger partial charge in [-0.05, 0) is 32.4 Å². The van der Waals surface area contributed by atoms with E-state index in [0.717, 1.165) is 35.4 Å². The molecule has 1 saturated heterocycles. The molecule has 2 unspecified atom stereocenters. The summed E-state index contributed by atoms with van der Waals surface area (Å²) in [7, 11) is -2.57. The molecule has 130 valence electrons.